The van der Waals surface area contributed by atoms with Gasteiger partial charge < -0.3 is 11.1 Å². The van der Waals surface area contributed by atoms with Gasteiger partial charge >= 0.3 is 0 Å². The number of aromatic nitrogens is 3. The first-order valence-corrected chi connectivity index (χ1v) is 5.94. The van der Waals surface area contributed by atoms with Gasteiger partial charge in [0.1, 0.15) is 12.2 Å². The maximum atomic E-state index is 12.2. The zero-order chi connectivity index (χ0) is 12.5. The number of H-pyrrole nitrogens is 1. The summed E-state index contributed by atoms with van der Waals surface area (Å²) in [5.74, 6) is 1.28. The molecule has 0 saturated heterocycles. The molecule has 4 N–H and O–H groups in total. The highest BCUT2D eigenvalue weighted by Gasteiger charge is 2.47. The van der Waals surface area contributed by atoms with Gasteiger partial charge in [0.2, 0.25) is 5.91 Å². The van der Waals surface area contributed by atoms with Crippen molar-refractivity contribution >= 4 is 5.91 Å². The summed E-state index contributed by atoms with van der Waals surface area (Å²) in [6, 6.07) is -0.163. The monoisotopic (exact) mass is 237 g/mol. The van der Waals surface area contributed by atoms with Gasteiger partial charge in [-0.3, -0.25) is 9.89 Å². The Morgan fingerprint density at radius 2 is 2.47 bits per heavy atom. The van der Waals surface area contributed by atoms with Crippen LogP contribution in [0.4, 0.5) is 0 Å². The van der Waals surface area contributed by atoms with Gasteiger partial charge in [-0.25, -0.2) is 4.98 Å². The zero-order valence-electron chi connectivity index (χ0n) is 10.2. The minimum absolute atomic E-state index is 0.0296. The van der Waals surface area contributed by atoms with Gasteiger partial charge in [0.25, 0.3) is 0 Å². The lowest BCUT2D eigenvalue weighted by Crippen LogP contribution is -2.53. The molecule has 1 heterocycles. The van der Waals surface area contributed by atoms with Crippen LogP contribution in [0.5, 0.6) is 0 Å². The molecule has 0 aliphatic heterocycles. The molecule has 6 heteroatoms. The second-order valence-electron chi connectivity index (χ2n) is 5.06. The molecule has 1 aliphatic carbocycles. The summed E-state index contributed by atoms with van der Waals surface area (Å²) in [6.07, 6.45) is 3.18. The number of carbonyl (C=O) groups excluding carboxylic acids is 1. The lowest BCUT2D eigenvalue weighted by atomic mass is 9.62. The average molecular weight is 237 g/mol. The summed E-state index contributed by atoms with van der Waals surface area (Å²) in [5.41, 5.74) is 5.36. The Hall–Kier alpha value is -1.43. The van der Waals surface area contributed by atoms with Gasteiger partial charge in [0.05, 0.1) is 11.5 Å². The standard InChI is InChI=1S/C11H19N5O/c1-7-3-11(4-7,5-12)10(17)15-8(2)9-13-6-14-16-9/h6-8H,3-5,12H2,1-2H3,(H,15,17)(H,13,14,16). The molecule has 6 nitrogen and oxygen atoms in total. The van der Waals surface area contributed by atoms with E-state index in [0.717, 1.165) is 12.8 Å². The third-order valence-electron chi connectivity index (χ3n) is 3.54. The second-order valence-corrected chi connectivity index (χ2v) is 5.06. The van der Waals surface area contributed by atoms with Crippen molar-refractivity contribution in [1.29, 1.82) is 0 Å². The van der Waals surface area contributed by atoms with E-state index in [2.05, 4.69) is 27.4 Å². The van der Waals surface area contributed by atoms with Gasteiger partial charge in [-0.2, -0.15) is 5.10 Å². The van der Waals surface area contributed by atoms with Crippen molar-refractivity contribution in [3.05, 3.63) is 12.2 Å². The van der Waals surface area contributed by atoms with Crippen LogP contribution in [-0.4, -0.2) is 27.6 Å². The van der Waals surface area contributed by atoms with Crippen molar-refractivity contribution in [1.82, 2.24) is 20.5 Å². The summed E-state index contributed by atoms with van der Waals surface area (Å²) in [6.45, 7) is 4.43. The summed E-state index contributed by atoms with van der Waals surface area (Å²) in [4.78, 5) is 16.2. The van der Waals surface area contributed by atoms with Gasteiger partial charge in [0, 0.05) is 6.54 Å². The first-order chi connectivity index (χ1) is 8.07. The van der Waals surface area contributed by atoms with Crippen molar-refractivity contribution in [2.45, 2.75) is 32.7 Å². The maximum absolute atomic E-state index is 12.2. The number of nitrogens with two attached hydrogens (primary N) is 1. The molecule has 0 bridgehead atoms. The molecule has 1 amide bonds. The molecule has 1 unspecified atom stereocenters. The minimum Gasteiger partial charge on any atom is -0.346 e. The van der Waals surface area contributed by atoms with E-state index in [1.807, 2.05) is 6.92 Å². The second kappa shape index (κ2) is 4.44. The fourth-order valence-corrected chi connectivity index (χ4v) is 2.56. The first-order valence-electron chi connectivity index (χ1n) is 5.94. The van der Waals surface area contributed by atoms with E-state index in [-0.39, 0.29) is 17.4 Å². The fraction of sp³-hybridized carbons (Fsp3) is 0.727. The molecular weight excluding hydrogens is 218 g/mol. The van der Waals surface area contributed by atoms with E-state index in [0.29, 0.717) is 18.3 Å². The first kappa shape index (κ1) is 12.0. The Kier molecular flexibility index (Phi) is 3.15. The van der Waals surface area contributed by atoms with Crippen LogP contribution in [-0.2, 0) is 4.79 Å². The van der Waals surface area contributed by atoms with Gasteiger partial charge in [-0.1, -0.05) is 6.92 Å². The SMILES string of the molecule is CC1CC(CN)(C(=O)NC(C)c2ncn[nH]2)C1. The van der Waals surface area contributed by atoms with Crippen LogP contribution in [0.15, 0.2) is 6.33 Å². The highest BCUT2D eigenvalue weighted by Crippen LogP contribution is 2.45. The van der Waals surface area contributed by atoms with E-state index < -0.39 is 0 Å². The summed E-state index contributed by atoms with van der Waals surface area (Å²) in [7, 11) is 0. The molecule has 2 rings (SSSR count). The van der Waals surface area contributed by atoms with Gasteiger partial charge in [-0.15, -0.1) is 0 Å². The topological polar surface area (TPSA) is 96.7 Å². The Morgan fingerprint density at radius 1 is 1.76 bits per heavy atom. The Labute approximate surface area is 100 Å². The Balaban J connectivity index is 1.97. The quantitative estimate of drug-likeness (QED) is 0.704. The lowest BCUT2D eigenvalue weighted by molar-refractivity contribution is -0.138. The van der Waals surface area contributed by atoms with Crippen LogP contribution in [0.2, 0.25) is 0 Å². The smallest absolute Gasteiger partial charge is 0.228 e. The Morgan fingerprint density at radius 3 is 2.94 bits per heavy atom. The number of nitrogens with one attached hydrogen (secondary N) is 2. The predicted molar refractivity (Wildman–Crippen MR) is 62.8 cm³/mol. The third-order valence-corrected chi connectivity index (χ3v) is 3.54. The molecule has 0 aromatic carbocycles. The molecule has 1 atom stereocenters. The predicted octanol–water partition coefficient (Wildman–Crippen LogP) is 0.357. The molecule has 1 fully saturated rings. The van der Waals surface area contributed by atoms with E-state index in [1.165, 1.54) is 6.33 Å². The van der Waals surface area contributed by atoms with E-state index in [9.17, 15) is 4.79 Å². The lowest BCUT2D eigenvalue weighted by Gasteiger charge is -2.44. The van der Waals surface area contributed by atoms with Crippen LogP contribution < -0.4 is 11.1 Å². The molecule has 1 aromatic heterocycles. The number of hydrogen-bond acceptors (Lipinski definition) is 4. The number of aromatic amines is 1. The maximum Gasteiger partial charge on any atom is 0.228 e. The molecule has 0 radical (unpaired) electrons. The zero-order valence-corrected chi connectivity index (χ0v) is 10.2. The minimum atomic E-state index is -0.367. The van der Waals surface area contributed by atoms with Crippen molar-refractivity contribution < 1.29 is 4.79 Å². The molecule has 17 heavy (non-hydrogen) atoms. The number of carbonyl (C=O) groups is 1. The number of hydrogen-bond donors (Lipinski definition) is 3. The summed E-state index contributed by atoms with van der Waals surface area (Å²) in [5, 5.41) is 9.46. The third kappa shape index (κ3) is 2.17. The number of rotatable bonds is 4. The van der Waals surface area contributed by atoms with Crippen molar-refractivity contribution in [2.75, 3.05) is 6.54 Å². The van der Waals surface area contributed by atoms with E-state index in [1.54, 1.807) is 0 Å². The molecule has 1 aliphatic rings. The molecule has 1 aromatic rings. The normalized spacial score (nSPS) is 29.5. The highest BCUT2D eigenvalue weighted by molar-refractivity contribution is 5.84. The largest absolute Gasteiger partial charge is 0.346 e. The molecular formula is C11H19N5O. The van der Waals surface area contributed by atoms with Crippen LogP contribution in [0.25, 0.3) is 0 Å². The number of nitrogens with zero attached hydrogens (tertiary/aromatic N) is 2. The number of amides is 1. The highest BCUT2D eigenvalue weighted by atomic mass is 16.2. The van der Waals surface area contributed by atoms with Crippen molar-refractivity contribution in [3.63, 3.8) is 0 Å². The van der Waals surface area contributed by atoms with E-state index in [4.69, 9.17) is 5.73 Å². The molecule has 1 saturated carbocycles. The van der Waals surface area contributed by atoms with Crippen LogP contribution in [0.3, 0.4) is 0 Å². The van der Waals surface area contributed by atoms with Crippen molar-refractivity contribution in [2.24, 2.45) is 17.1 Å². The molecule has 0 spiro atoms. The van der Waals surface area contributed by atoms with Gasteiger partial charge in [0.15, 0.2) is 0 Å². The van der Waals surface area contributed by atoms with Crippen LogP contribution in [0, 0.1) is 11.3 Å². The van der Waals surface area contributed by atoms with Crippen LogP contribution >= 0.6 is 0 Å². The summed E-state index contributed by atoms with van der Waals surface area (Å²) >= 11 is 0. The van der Waals surface area contributed by atoms with Crippen molar-refractivity contribution in [3.8, 4) is 0 Å². The Bertz CT molecular complexity index is 383. The average Bonchev–Trinajstić information content (AvgIpc) is 2.77. The van der Waals surface area contributed by atoms with E-state index >= 15 is 0 Å². The fourth-order valence-electron chi connectivity index (χ4n) is 2.56. The summed E-state index contributed by atoms with van der Waals surface area (Å²) < 4.78 is 0. The van der Waals surface area contributed by atoms with Crippen LogP contribution in [0.1, 0.15) is 38.6 Å². The molecule has 94 valence electrons. The van der Waals surface area contributed by atoms with Gasteiger partial charge in [-0.05, 0) is 25.7 Å².